The Balaban J connectivity index is 2.07. The number of hydrogen-bond donors (Lipinski definition) is 2. The third kappa shape index (κ3) is 3.08. The predicted octanol–water partition coefficient (Wildman–Crippen LogP) is 0.979. The van der Waals surface area contributed by atoms with Crippen LogP contribution in [-0.2, 0) is 9.59 Å². The van der Waals surface area contributed by atoms with E-state index in [9.17, 15) is 9.59 Å². The Morgan fingerprint density at radius 1 is 1.33 bits per heavy atom. The van der Waals surface area contributed by atoms with Crippen molar-refractivity contribution < 1.29 is 9.59 Å². The molecule has 1 aliphatic rings. The summed E-state index contributed by atoms with van der Waals surface area (Å²) in [6, 6.07) is 8.17. The summed E-state index contributed by atoms with van der Waals surface area (Å²) in [5.41, 5.74) is 6.72. The summed E-state index contributed by atoms with van der Waals surface area (Å²) in [6.45, 7) is 2.52. The summed E-state index contributed by atoms with van der Waals surface area (Å²) in [7, 11) is 3.95. The van der Waals surface area contributed by atoms with Gasteiger partial charge < -0.3 is 16.0 Å². The minimum atomic E-state index is -0.956. The Bertz CT molecular complexity index is 550. The zero-order chi connectivity index (χ0) is 15.6. The van der Waals surface area contributed by atoms with Crippen molar-refractivity contribution in [2.24, 2.45) is 11.1 Å². The van der Waals surface area contributed by atoms with Crippen LogP contribution >= 0.6 is 0 Å². The van der Waals surface area contributed by atoms with Gasteiger partial charge in [0.25, 0.3) is 0 Å². The SMILES string of the molecule is Cc1ccccc1[C@H](CNC(=O)C1(C(N)=O)CC1)N(C)C. The number of aryl methyl sites for hydroxylation is 1. The van der Waals surface area contributed by atoms with Gasteiger partial charge in [0.1, 0.15) is 5.41 Å². The Labute approximate surface area is 125 Å². The van der Waals surface area contributed by atoms with Crippen LogP contribution in [-0.4, -0.2) is 37.4 Å². The second-order valence-corrected chi connectivity index (χ2v) is 5.99. The average Bonchev–Trinajstić information content (AvgIpc) is 3.22. The summed E-state index contributed by atoms with van der Waals surface area (Å²) >= 11 is 0. The van der Waals surface area contributed by atoms with Crippen LogP contribution in [0.1, 0.15) is 30.0 Å². The van der Waals surface area contributed by atoms with Crippen molar-refractivity contribution in [3.63, 3.8) is 0 Å². The molecule has 5 nitrogen and oxygen atoms in total. The van der Waals surface area contributed by atoms with Crippen molar-refractivity contribution >= 4 is 11.8 Å². The molecule has 1 fully saturated rings. The van der Waals surface area contributed by atoms with Crippen LogP contribution in [0.2, 0.25) is 0 Å². The van der Waals surface area contributed by atoms with Gasteiger partial charge in [-0.1, -0.05) is 24.3 Å². The topological polar surface area (TPSA) is 75.4 Å². The van der Waals surface area contributed by atoms with E-state index in [1.54, 1.807) is 0 Å². The van der Waals surface area contributed by atoms with Crippen LogP contribution in [0, 0.1) is 12.3 Å². The standard InChI is InChI=1S/C16H23N3O2/c1-11-6-4-5-7-12(11)13(19(2)3)10-18-15(21)16(8-9-16)14(17)20/h4-7,13H,8-10H2,1-3H3,(H2,17,20)(H,18,21)/t13-/m0/s1. The van der Waals surface area contributed by atoms with Gasteiger partial charge in [-0.15, -0.1) is 0 Å². The van der Waals surface area contributed by atoms with E-state index in [4.69, 9.17) is 5.73 Å². The van der Waals surface area contributed by atoms with E-state index in [0.29, 0.717) is 19.4 Å². The van der Waals surface area contributed by atoms with E-state index in [1.807, 2.05) is 26.2 Å². The first-order valence-electron chi connectivity index (χ1n) is 7.18. The zero-order valence-electron chi connectivity index (χ0n) is 12.8. The molecule has 2 amide bonds. The molecule has 0 spiro atoms. The number of nitrogens with zero attached hydrogens (tertiary/aromatic N) is 1. The first-order chi connectivity index (χ1) is 9.88. The fourth-order valence-corrected chi connectivity index (χ4v) is 2.60. The fourth-order valence-electron chi connectivity index (χ4n) is 2.60. The average molecular weight is 289 g/mol. The number of primary amides is 1. The number of hydrogen-bond acceptors (Lipinski definition) is 3. The van der Waals surface area contributed by atoms with Crippen molar-refractivity contribution in [2.75, 3.05) is 20.6 Å². The molecule has 1 atom stereocenters. The molecule has 2 rings (SSSR count). The molecular weight excluding hydrogens is 266 g/mol. The molecule has 1 aromatic rings. The van der Waals surface area contributed by atoms with Crippen molar-refractivity contribution in [1.82, 2.24) is 10.2 Å². The minimum absolute atomic E-state index is 0.0684. The van der Waals surface area contributed by atoms with Gasteiger partial charge >= 0.3 is 0 Å². The third-order valence-electron chi connectivity index (χ3n) is 4.28. The van der Waals surface area contributed by atoms with Crippen molar-refractivity contribution in [3.8, 4) is 0 Å². The normalized spacial score (nSPS) is 17.3. The lowest BCUT2D eigenvalue weighted by atomic mass is 9.99. The van der Waals surface area contributed by atoms with E-state index in [1.165, 1.54) is 11.1 Å². The number of nitrogens with two attached hydrogens (primary N) is 1. The number of rotatable bonds is 6. The maximum Gasteiger partial charge on any atom is 0.235 e. The number of carbonyl (C=O) groups is 2. The second kappa shape index (κ2) is 5.85. The largest absolute Gasteiger partial charge is 0.369 e. The minimum Gasteiger partial charge on any atom is -0.369 e. The lowest BCUT2D eigenvalue weighted by Crippen LogP contribution is -2.43. The molecule has 0 unspecified atom stereocenters. The van der Waals surface area contributed by atoms with Crippen LogP contribution in [0.3, 0.4) is 0 Å². The lowest BCUT2D eigenvalue weighted by molar-refractivity contribution is -0.135. The van der Waals surface area contributed by atoms with Crippen LogP contribution in [0.5, 0.6) is 0 Å². The second-order valence-electron chi connectivity index (χ2n) is 5.99. The fraction of sp³-hybridized carbons (Fsp3) is 0.500. The molecule has 0 aliphatic heterocycles. The van der Waals surface area contributed by atoms with Crippen LogP contribution < -0.4 is 11.1 Å². The number of benzene rings is 1. The summed E-state index contributed by atoms with van der Waals surface area (Å²) in [4.78, 5) is 25.6. The molecule has 1 saturated carbocycles. The Hall–Kier alpha value is -1.88. The molecule has 21 heavy (non-hydrogen) atoms. The summed E-state index contributed by atoms with van der Waals surface area (Å²) < 4.78 is 0. The highest BCUT2D eigenvalue weighted by atomic mass is 16.2. The summed E-state index contributed by atoms with van der Waals surface area (Å²) in [5.74, 6) is -0.757. The van der Waals surface area contributed by atoms with Gasteiger partial charge in [0.15, 0.2) is 0 Å². The molecule has 0 saturated heterocycles. The van der Waals surface area contributed by atoms with Gasteiger partial charge in [0.05, 0.1) is 6.04 Å². The number of nitrogens with one attached hydrogen (secondary N) is 1. The first-order valence-corrected chi connectivity index (χ1v) is 7.18. The van der Waals surface area contributed by atoms with E-state index < -0.39 is 11.3 Å². The Morgan fingerprint density at radius 3 is 2.43 bits per heavy atom. The molecule has 114 valence electrons. The maximum atomic E-state index is 12.2. The summed E-state index contributed by atoms with van der Waals surface area (Å²) in [5, 5.41) is 2.89. The van der Waals surface area contributed by atoms with Gasteiger partial charge in [0.2, 0.25) is 11.8 Å². The molecule has 0 radical (unpaired) electrons. The molecular formula is C16H23N3O2. The Kier molecular flexibility index (Phi) is 4.32. The van der Waals surface area contributed by atoms with Gasteiger partial charge in [-0.25, -0.2) is 0 Å². The van der Waals surface area contributed by atoms with Crippen molar-refractivity contribution in [1.29, 1.82) is 0 Å². The van der Waals surface area contributed by atoms with Gasteiger partial charge in [-0.05, 0) is 45.0 Å². The monoisotopic (exact) mass is 289 g/mol. The smallest absolute Gasteiger partial charge is 0.235 e. The highest BCUT2D eigenvalue weighted by Crippen LogP contribution is 2.45. The van der Waals surface area contributed by atoms with Crippen LogP contribution in [0.4, 0.5) is 0 Å². The number of amides is 2. The van der Waals surface area contributed by atoms with Crippen molar-refractivity contribution in [2.45, 2.75) is 25.8 Å². The number of carbonyl (C=O) groups excluding carboxylic acids is 2. The quantitative estimate of drug-likeness (QED) is 0.767. The highest BCUT2D eigenvalue weighted by Gasteiger charge is 2.55. The highest BCUT2D eigenvalue weighted by molar-refractivity contribution is 6.07. The molecule has 1 aliphatic carbocycles. The predicted molar refractivity (Wildman–Crippen MR) is 81.5 cm³/mol. The summed E-state index contributed by atoms with van der Waals surface area (Å²) in [6.07, 6.45) is 1.12. The first kappa shape index (κ1) is 15.5. The van der Waals surface area contributed by atoms with Gasteiger partial charge in [0, 0.05) is 6.54 Å². The Morgan fingerprint density at radius 2 is 1.95 bits per heavy atom. The lowest BCUT2D eigenvalue weighted by Gasteiger charge is -2.27. The van der Waals surface area contributed by atoms with E-state index in [0.717, 1.165) is 0 Å². The van der Waals surface area contributed by atoms with E-state index in [-0.39, 0.29) is 11.9 Å². The van der Waals surface area contributed by atoms with E-state index >= 15 is 0 Å². The van der Waals surface area contributed by atoms with Gasteiger partial charge in [-0.2, -0.15) is 0 Å². The van der Waals surface area contributed by atoms with E-state index in [2.05, 4.69) is 29.3 Å². The molecule has 3 N–H and O–H groups in total. The molecule has 5 heteroatoms. The molecule has 0 aromatic heterocycles. The molecule has 0 bridgehead atoms. The molecule has 0 heterocycles. The van der Waals surface area contributed by atoms with Crippen molar-refractivity contribution in [3.05, 3.63) is 35.4 Å². The third-order valence-corrected chi connectivity index (χ3v) is 4.28. The van der Waals surface area contributed by atoms with Gasteiger partial charge in [-0.3, -0.25) is 9.59 Å². The zero-order valence-corrected chi connectivity index (χ0v) is 12.8. The van der Waals surface area contributed by atoms with Crippen LogP contribution in [0.15, 0.2) is 24.3 Å². The maximum absolute atomic E-state index is 12.2. The number of likely N-dealkylation sites (N-methyl/N-ethyl adjacent to an activating group) is 1. The molecule has 1 aromatic carbocycles. The van der Waals surface area contributed by atoms with Crippen LogP contribution in [0.25, 0.3) is 0 Å².